The van der Waals surface area contributed by atoms with Crippen molar-refractivity contribution in [2.75, 3.05) is 0 Å². The van der Waals surface area contributed by atoms with Crippen molar-refractivity contribution in [1.82, 2.24) is 5.32 Å². The van der Waals surface area contributed by atoms with E-state index in [0.717, 1.165) is 10.6 Å². The van der Waals surface area contributed by atoms with Gasteiger partial charge in [-0.25, -0.2) is 4.79 Å². The Morgan fingerprint density at radius 1 is 1.65 bits per heavy atom. The summed E-state index contributed by atoms with van der Waals surface area (Å²) in [7, 11) is 0. The number of rotatable bonds is 5. The molecule has 17 heavy (non-hydrogen) atoms. The molecule has 0 amide bonds. The van der Waals surface area contributed by atoms with E-state index in [1.54, 1.807) is 17.7 Å². The topological polar surface area (TPSA) is 62.5 Å². The molecule has 0 aliphatic rings. The lowest BCUT2D eigenvalue weighted by molar-refractivity contribution is 0.0697. The Hall–Kier alpha value is -1.59. The zero-order chi connectivity index (χ0) is 12.3. The minimum atomic E-state index is -0.883. The Bertz CT molecular complexity index is 490. The first-order valence-electron chi connectivity index (χ1n) is 5.24. The van der Waals surface area contributed by atoms with Crippen molar-refractivity contribution in [2.45, 2.75) is 19.5 Å². The smallest absolute Gasteiger partial charge is 0.336 e. The van der Waals surface area contributed by atoms with E-state index in [0.29, 0.717) is 12.1 Å². The molecule has 2 aromatic heterocycles. The van der Waals surface area contributed by atoms with Gasteiger partial charge in [0.1, 0.15) is 5.76 Å². The standard InChI is InChI=1S/C12H13NO3S/c1-8(11-3-2-4-16-11)13-6-10-5-9(7-17-10)12(14)15/h2-5,7-8,13H,6H2,1H3,(H,14,15). The summed E-state index contributed by atoms with van der Waals surface area (Å²) in [6, 6.07) is 5.56. The maximum atomic E-state index is 10.7. The van der Waals surface area contributed by atoms with Crippen molar-refractivity contribution in [3.8, 4) is 0 Å². The fraction of sp³-hybridized carbons (Fsp3) is 0.250. The summed E-state index contributed by atoms with van der Waals surface area (Å²) in [5.74, 6) is -0.00778. The van der Waals surface area contributed by atoms with Gasteiger partial charge in [0, 0.05) is 16.8 Å². The zero-order valence-electron chi connectivity index (χ0n) is 9.34. The molecule has 0 aliphatic carbocycles. The van der Waals surface area contributed by atoms with E-state index in [4.69, 9.17) is 9.52 Å². The molecule has 2 aromatic rings. The largest absolute Gasteiger partial charge is 0.478 e. The van der Waals surface area contributed by atoms with Crippen LogP contribution in [0.5, 0.6) is 0 Å². The van der Waals surface area contributed by atoms with Gasteiger partial charge in [0.15, 0.2) is 0 Å². The average Bonchev–Trinajstić information content (AvgIpc) is 2.97. The molecule has 1 atom stereocenters. The van der Waals surface area contributed by atoms with Crippen LogP contribution in [0.25, 0.3) is 0 Å². The number of carbonyl (C=O) groups is 1. The number of hydrogen-bond acceptors (Lipinski definition) is 4. The number of thiophene rings is 1. The summed E-state index contributed by atoms with van der Waals surface area (Å²) >= 11 is 1.44. The zero-order valence-corrected chi connectivity index (χ0v) is 10.2. The van der Waals surface area contributed by atoms with Gasteiger partial charge in [0.2, 0.25) is 0 Å². The molecule has 2 N–H and O–H groups in total. The van der Waals surface area contributed by atoms with Crippen LogP contribution in [0.15, 0.2) is 34.3 Å². The van der Waals surface area contributed by atoms with Crippen LogP contribution in [0, 0.1) is 0 Å². The molecule has 0 radical (unpaired) electrons. The lowest BCUT2D eigenvalue weighted by atomic mass is 10.2. The van der Waals surface area contributed by atoms with E-state index in [1.807, 2.05) is 19.1 Å². The van der Waals surface area contributed by atoms with Crippen LogP contribution in [-0.2, 0) is 6.54 Å². The molecule has 0 aliphatic heterocycles. The molecular weight excluding hydrogens is 238 g/mol. The third-order valence-corrected chi connectivity index (χ3v) is 3.39. The normalized spacial score (nSPS) is 12.5. The van der Waals surface area contributed by atoms with Gasteiger partial charge >= 0.3 is 5.97 Å². The lowest BCUT2D eigenvalue weighted by Gasteiger charge is -2.09. The molecule has 0 saturated carbocycles. The maximum Gasteiger partial charge on any atom is 0.336 e. The van der Waals surface area contributed by atoms with Gasteiger partial charge in [-0.1, -0.05) is 0 Å². The van der Waals surface area contributed by atoms with E-state index in [1.165, 1.54) is 11.3 Å². The minimum absolute atomic E-state index is 0.111. The predicted molar refractivity (Wildman–Crippen MR) is 65.2 cm³/mol. The summed E-state index contributed by atoms with van der Waals surface area (Å²) in [4.78, 5) is 11.7. The highest BCUT2D eigenvalue weighted by atomic mass is 32.1. The number of hydrogen-bond donors (Lipinski definition) is 2. The Kier molecular flexibility index (Phi) is 3.61. The van der Waals surface area contributed by atoms with Crippen LogP contribution < -0.4 is 5.32 Å². The van der Waals surface area contributed by atoms with Gasteiger partial charge in [-0.2, -0.15) is 0 Å². The van der Waals surface area contributed by atoms with E-state index >= 15 is 0 Å². The van der Waals surface area contributed by atoms with Crippen molar-refractivity contribution in [3.05, 3.63) is 46.0 Å². The molecular formula is C12H13NO3S. The maximum absolute atomic E-state index is 10.7. The van der Waals surface area contributed by atoms with Crippen molar-refractivity contribution >= 4 is 17.3 Å². The number of aromatic carboxylic acids is 1. The summed E-state index contributed by atoms with van der Waals surface area (Å²) in [5, 5.41) is 13.7. The van der Waals surface area contributed by atoms with E-state index in [2.05, 4.69) is 5.32 Å². The first-order valence-corrected chi connectivity index (χ1v) is 6.12. The van der Waals surface area contributed by atoms with Crippen LogP contribution in [0.1, 0.15) is 34.0 Å². The molecule has 0 spiro atoms. The molecule has 0 aromatic carbocycles. The van der Waals surface area contributed by atoms with Gasteiger partial charge in [0.25, 0.3) is 0 Å². The molecule has 0 saturated heterocycles. The van der Waals surface area contributed by atoms with Gasteiger partial charge in [-0.15, -0.1) is 11.3 Å². The van der Waals surface area contributed by atoms with E-state index in [-0.39, 0.29) is 6.04 Å². The second-order valence-corrected chi connectivity index (χ2v) is 4.72. The quantitative estimate of drug-likeness (QED) is 0.857. The van der Waals surface area contributed by atoms with E-state index < -0.39 is 5.97 Å². The Labute approximate surface area is 103 Å². The predicted octanol–water partition coefficient (Wildman–Crippen LogP) is 2.89. The van der Waals surface area contributed by atoms with Crippen molar-refractivity contribution in [2.24, 2.45) is 0 Å². The third kappa shape index (κ3) is 2.95. The van der Waals surface area contributed by atoms with Crippen LogP contribution in [0.2, 0.25) is 0 Å². The van der Waals surface area contributed by atoms with Gasteiger partial charge in [0.05, 0.1) is 17.9 Å². The highest BCUT2D eigenvalue weighted by Crippen LogP contribution is 2.17. The van der Waals surface area contributed by atoms with Crippen LogP contribution >= 0.6 is 11.3 Å². The number of carboxylic acid groups (broad SMARTS) is 1. The highest BCUT2D eigenvalue weighted by Gasteiger charge is 2.10. The number of carboxylic acids is 1. The first kappa shape index (κ1) is 11.9. The fourth-order valence-electron chi connectivity index (χ4n) is 1.48. The molecule has 2 rings (SSSR count). The van der Waals surface area contributed by atoms with Crippen LogP contribution in [0.4, 0.5) is 0 Å². The summed E-state index contributed by atoms with van der Waals surface area (Å²) in [6.07, 6.45) is 1.64. The Balaban J connectivity index is 1.91. The van der Waals surface area contributed by atoms with Crippen molar-refractivity contribution in [1.29, 1.82) is 0 Å². The second-order valence-electron chi connectivity index (χ2n) is 3.72. The molecule has 1 unspecified atom stereocenters. The Morgan fingerprint density at radius 2 is 2.47 bits per heavy atom. The number of nitrogens with one attached hydrogen (secondary N) is 1. The van der Waals surface area contributed by atoms with Crippen molar-refractivity contribution in [3.63, 3.8) is 0 Å². The van der Waals surface area contributed by atoms with Gasteiger partial charge < -0.3 is 14.8 Å². The average molecular weight is 251 g/mol. The first-order chi connectivity index (χ1) is 8.16. The monoisotopic (exact) mass is 251 g/mol. The molecule has 0 fully saturated rings. The van der Waals surface area contributed by atoms with Crippen LogP contribution in [-0.4, -0.2) is 11.1 Å². The molecule has 90 valence electrons. The van der Waals surface area contributed by atoms with Gasteiger partial charge in [-0.3, -0.25) is 0 Å². The highest BCUT2D eigenvalue weighted by molar-refractivity contribution is 7.10. The van der Waals surface area contributed by atoms with Crippen LogP contribution in [0.3, 0.4) is 0 Å². The SMILES string of the molecule is CC(NCc1cc(C(=O)O)cs1)c1ccco1. The summed E-state index contributed by atoms with van der Waals surface area (Å²) in [5.41, 5.74) is 0.345. The third-order valence-electron chi connectivity index (χ3n) is 2.45. The fourth-order valence-corrected chi connectivity index (χ4v) is 2.29. The van der Waals surface area contributed by atoms with Gasteiger partial charge in [-0.05, 0) is 25.1 Å². The molecule has 5 heteroatoms. The minimum Gasteiger partial charge on any atom is -0.478 e. The molecule has 4 nitrogen and oxygen atoms in total. The molecule has 0 bridgehead atoms. The van der Waals surface area contributed by atoms with Crippen molar-refractivity contribution < 1.29 is 14.3 Å². The van der Waals surface area contributed by atoms with E-state index in [9.17, 15) is 4.79 Å². The summed E-state index contributed by atoms with van der Waals surface area (Å²) < 4.78 is 5.27. The Morgan fingerprint density at radius 3 is 3.06 bits per heavy atom. The number of furan rings is 1. The molecule has 2 heterocycles. The summed E-state index contributed by atoms with van der Waals surface area (Å²) in [6.45, 7) is 2.64. The lowest BCUT2D eigenvalue weighted by Crippen LogP contribution is -2.16. The second kappa shape index (κ2) is 5.16.